The number of nitrogens with one attached hydrogen (secondary N) is 2. The number of nitrogens with zero attached hydrogens (tertiary/aromatic N) is 3. The van der Waals surface area contributed by atoms with Crippen LogP contribution in [0.15, 0.2) is 42.6 Å². The number of thioether (sulfide) groups is 1. The van der Waals surface area contributed by atoms with Crippen molar-refractivity contribution in [3.8, 4) is 0 Å². The van der Waals surface area contributed by atoms with Crippen LogP contribution in [0, 0.1) is 5.92 Å². The molecule has 32 heavy (non-hydrogen) atoms. The molecule has 2 atom stereocenters. The molecule has 0 fully saturated rings. The van der Waals surface area contributed by atoms with Gasteiger partial charge in [-0.1, -0.05) is 43.1 Å². The Balaban J connectivity index is 1.81. The van der Waals surface area contributed by atoms with Gasteiger partial charge in [-0.3, -0.25) is 14.0 Å². The molecule has 1 unspecified atom stereocenters. The number of benzene rings is 1. The molecule has 2 N–H and O–H groups in total. The van der Waals surface area contributed by atoms with E-state index in [1.54, 1.807) is 23.9 Å². The summed E-state index contributed by atoms with van der Waals surface area (Å²) in [4.78, 5) is 26.1. The van der Waals surface area contributed by atoms with Crippen molar-refractivity contribution in [1.82, 2.24) is 25.2 Å². The highest BCUT2D eigenvalue weighted by Gasteiger charge is 2.29. The molecule has 3 aromatic rings. The molecule has 0 aliphatic heterocycles. The second kappa shape index (κ2) is 11.0. The fourth-order valence-corrected chi connectivity index (χ4v) is 4.25. The molecule has 0 aliphatic carbocycles. The lowest BCUT2D eigenvalue weighted by molar-refractivity contribution is -0.124. The topological polar surface area (TPSA) is 88.4 Å². The van der Waals surface area contributed by atoms with Gasteiger partial charge in [-0.15, -0.1) is 10.2 Å². The second-order valence-corrected chi connectivity index (χ2v) is 9.48. The molecular weight excluding hydrogens is 469 g/mol. The molecule has 0 saturated carbocycles. The van der Waals surface area contributed by atoms with Gasteiger partial charge in [0, 0.05) is 11.2 Å². The summed E-state index contributed by atoms with van der Waals surface area (Å²) >= 11 is 13.8. The first kappa shape index (κ1) is 24.4. The van der Waals surface area contributed by atoms with Crippen molar-refractivity contribution < 1.29 is 9.59 Å². The summed E-state index contributed by atoms with van der Waals surface area (Å²) in [5.41, 5.74) is 0.967. The van der Waals surface area contributed by atoms with E-state index < -0.39 is 11.9 Å². The first-order valence-electron chi connectivity index (χ1n) is 10.2. The van der Waals surface area contributed by atoms with E-state index in [2.05, 4.69) is 20.8 Å². The Bertz CT molecular complexity index is 1100. The Morgan fingerprint density at radius 1 is 1.12 bits per heavy atom. The minimum absolute atomic E-state index is 0.152. The zero-order valence-electron chi connectivity index (χ0n) is 18.0. The van der Waals surface area contributed by atoms with Crippen LogP contribution in [0.25, 0.3) is 5.65 Å². The lowest BCUT2D eigenvalue weighted by Gasteiger charge is -2.25. The molecule has 170 valence electrons. The third-order valence-electron chi connectivity index (χ3n) is 4.99. The number of carbonyl (C=O) groups excluding carboxylic acids is 2. The van der Waals surface area contributed by atoms with Crippen LogP contribution >= 0.6 is 35.0 Å². The first-order chi connectivity index (χ1) is 15.3. The number of hydrogen-bond donors (Lipinski definition) is 2. The maximum Gasteiger partial charge on any atom is 0.253 e. The number of hydrogen-bond acceptors (Lipinski definition) is 5. The lowest BCUT2D eigenvalue weighted by Crippen LogP contribution is -2.50. The lowest BCUT2D eigenvalue weighted by atomic mass is 10.0. The van der Waals surface area contributed by atoms with Gasteiger partial charge in [0.05, 0.1) is 16.6 Å². The van der Waals surface area contributed by atoms with E-state index in [1.807, 2.05) is 48.9 Å². The van der Waals surface area contributed by atoms with Crippen molar-refractivity contribution in [2.75, 3.05) is 12.0 Å². The number of rotatable bonds is 9. The van der Waals surface area contributed by atoms with Crippen molar-refractivity contribution in [2.24, 2.45) is 5.92 Å². The van der Waals surface area contributed by atoms with Gasteiger partial charge in [0.15, 0.2) is 11.5 Å². The normalized spacial score (nSPS) is 13.2. The van der Waals surface area contributed by atoms with Gasteiger partial charge in [-0.25, -0.2) is 0 Å². The van der Waals surface area contributed by atoms with E-state index in [0.717, 1.165) is 5.75 Å². The molecule has 7 nitrogen and oxygen atoms in total. The average Bonchev–Trinajstić information content (AvgIpc) is 3.18. The number of halogens is 2. The minimum atomic E-state index is -0.759. The number of pyridine rings is 1. The largest absolute Gasteiger partial charge is 0.344 e. The van der Waals surface area contributed by atoms with E-state index >= 15 is 0 Å². The van der Waals surface area contributed by atoms with Crippen LogP contribution in [0.1, 0.15) is 42.5 Å². The smallest absolute Gasteiger partial charge is 0.253 e. The summed E-state index contributed by atoms with van der Waals surface area (Å²) in [5.74, 6) is 0.594. The van der Waals surface area contributed by atoms with Gasteiger partial charge >= 0.3 is 0 Å². The van der Waals surface area contributed by atoms with Crippen LogP contribution in [0.5, 0.6) is 0 Å². The fourth-order valence-electron chi connectivity index (χ4n) is 3.29. The van der Waals surface area contributed by atoms with E-state index in [-0.39, 0.29) is 28.5 Å². The van der Waals surface area contributed by atoms with Crippen LogP contribution in [0.2, 0.25) is 10.0 Å². The van der Waals surface area contributed by atoms with Gasteiger partial charge < -0.3 is 10.6 Å². The summed E-state index contributed by atoms with van der Waals surface area (Å²) in [6.07, 6.45) is 4.55. The summed E-state index contributed by atoms with van der Waals surface area (Å²) in [6, 6.07) is 9.14. The molecule has 0 saturated heterocycles. The van der Waals surface area contributed by atoms with Crippen molar-refractivity contribution in [3.05, 3.63) is 64.0 Å². The molecule has 2 aromatic heterocycles. The number of fused-ring (bicyclic) bond motifs is 1. The highest BCUT2D eigenvalue weighted by Crippen LogP contribution is 2.22. The van der Waals surface area contributed by atoms with Crippen molar-refractivity contribution in [2.45, 2.75) is 32.4 Å². The van der Waals surface area contributed by atoms with E-state index in [9.17, 15) is 9.59 Å². The maximum absolute atomic E-state index is 13.3. The predicted octanol–water partition coefficient (Wildman–Crippen LogP) is 4.40. The van der Waals surface area contributed by atoms with E-state index in [1.165, 1.54) is 6.07 Å². The van der Waals surface area contributed by atoms with Crippen LogP contribution in [0.4, 0.5) is 0 Å². The number of amides is 2. The molecule has 0 aliphatic rings. The quantitative estimate of drug-likeness (QED) is 0.461. The SMILES string of the molecule is CSCCC(NC(=O)[C@@H](NC(=O)c1ccc(Cl)cc1Cl)C(C)C)c1nnc2ccccn12. The fraction of sp³-hybridized carbons (Fsp3) is 0.364. The molecular formula is C22H25Cl2N5O2S. The van der Waals surface area contributed by atoms with Gasteiger partial charge in [0.25, 0.3) is 5.91 Å². The molecule has 0 spiro atoms. The second-order valence-electron chi connectivity index (χ2n) is 7.65. The van der Waals surface area contributed by atoms with Crippen molar-refractivity contribution in [3.63, 3.8) is 0 Å². The van der Waals surface area contributed by atoms with Crippen LogP contribution in [-0.2, 0) is 4.79 Å². The Hall–Kier alpha value is -2.29. The Labute approximate surface area is 201 Å². The molecule has 2 amide bonds. The zero-order valence-corrected chi connectivity index (χ0v) is 20.3. The van der Waals surface area contributed by atoms with E-state index in [4.69, 9.17) is 23.2 Å². The predicted molar refractivity (Wildman–Crippen MR) is 129 cm³/mol. The van der Waals surface area contributed by atoms with Crippen LogP contribution < -0.4 is 10.6 Å². The van der Waals surface area contributed by atoms with Crippen LogP contribution in [-0.4, -0.2) is 44.5 Å². The molecule has 3 rings (SSSR count). The highest BCUT2D eigenvalue weighted by atomic mass is 35.5. The maximum atomic E-state index is 13.3. The first-order valence-corrected chi connectivity index (χ1v) is 12.3. The Morgan fingerprint density at radius 2 is 1.91 bits per heavy atom. The average molecular weight is 494 g/mol. The molecule has 2 heterocycles. The third-order valence-corrected chi connectivity index (χ3v) is 6.18. The Morgan fingerprint density at radius 3 is 2.59 bits per heavy atom. The van der Waals surface area contributed by atoms with Crippen molar-refractivity contribution in [1.29, 1.82) is 0 Å². The minimum Gasteiger partial charge on any atom is -0.344 e. The van der Waals surface area contributed by atoms with E-state index in [0.29, 0.717) is 22.9 Å². The standard InChI is InChI=1S/C22H25Cl2N5O2S/c1-13(2)19(26-21(30)15-8-7-14(23)12-16(15)24)22(31)25-17(9-11-32-3)20-28-27-18-6-4-5-10-29(18)20/h4-8,10,12-13,17,19H,9,11H2,1-3H3,(H,25,31)(H,26,30)/t17?,19-/m0/s1. The number of carbonyl (C=O) groups is 2. The van der Waals surface area contributed by atoms with Gasteiger partial charge in [0.2, 0.25) is 5.91 Å². The number of aromatic nitrogens is 3. The van der Waals surface area contributed by atoms with Crippen molar-refractivity contribution >= 4 is 52.4 Å². The summed E-state index contributed by atoms with van der Waals surface area (Å²) in [5, 5.41) is 15.0. The summed E-state index contributed by atoms with van der Waals surface area (Å²) in [6.45, 7) is 3.74. The van der Waals surface area contributed by atoms with Crippen LogP contribution in [0.3, 0.4) is 0 Å². The third kappa shape index (κ3) is 5.74. The highest BCUT2D eigenvalue weighted by molar-refractivity contribution is 7.98. The molecule has 1 aromatic carbocycles. The van der Waals surface area contributed by atoms with Gasteiger partial charge in [-0.05, 0) is 54.7 Å². The van der Waals surface area contributed by atoms with Gasteiger partial charge in [0.1, 0.15) is 6.04 Å². The summed E-state index contributed by atoms with van der Waals surface area (Å²) < 4.78 is 1.86. The Kier molecular flexibility index (Phi) is 8.39. The zero-order chi connectivity index (χ0) is 23.3. The summed E-state index contributed by atoms with van der Waals surface area (Å²) in [7, 11) is 0. The monoisotopic (exact) mass is 493 g/mol. The molecule has 0 bridgehead atoms. The van der Waals surface area contributed by atoms with Gasteiger partial charge in [-0.2, -0.15) is 11.8 Å². The molecule has 10 heteroatoms. The molecule has 0 radical (unpaired) electrons.